The fourth-order valence-corrected chi connectivity index (χ4v) is 3.36. The predicted octanol–water partition coefficient (Wildman–Crippen LogP) is 4.01. The molecule has 0 spiro atoms. The Morgan fingerprint density at radius 1 is 0.714 bits per heavy atom. The minimum Gasteiger partial charge on any atom is -0.120 e. The first kappa shape index (κ1) is 10.1. The van der Waals surface area contributed by atoms with Crippen LogP contribution in [0.2, 0.25) is 0 Å². The number of rotatable bonds is 1. The van der Waals surface area contributed by atoms with Gasteiger partial charge in [0.25, 0.3) is 0 Å². The van der Waals surface area contributed by atoms with Crippen molar-refractivity contribution in [2.75, 3.05) is 0 Å². The van der Waals surface area contributed by atoms with Gasteiger partial charge in [0.05, 0.1) is 0 Å². The van der Waals surface area contributed by atoms with Gasteiger partial charge >= 0.3 is 0 Å². The maximum absolute atomic E-state index is 5.48. The third-order valence-corrected chi connectivity index (χ3v) is 4.32. The van der Waals surface area contributed by atoms with Crippen LogP contribution in [0.25, 0.3) is 0 Å². The molecule has 2 rings (SSSR count). The zero-order chi connectivity index (χ0) is 9.80. The minimum atomic E-state index is 0.606. The molecule has 2 aliphatic rings. The Morgan fingerprint density at radius 3 is 1.86 bits per heavy atom. The second-order valence-corrected chi connectivity index (χ2v) is 5.18. The molecule has 0 unspecified atom stereocenters. The van der Waals surface area contributed by atoms with Crippen molar-refractivity contribution in [3.8, 4) is 12.3 Å². The van der Waals surface area contributed by atoms with Crippen LogP contribution >= 0.6 is 0 Å². The molecule has 0 aromatic rings. The minimum absolute atomic E-state index is 0.606. The Labute approximate surface area is 88.5 Å². The van der Waals surface area contributed by atoms with E-state index in [2.05, 4.69) is 5.92 Å². The molecule has 0 heteroatoms. The zero-order valence-corrected chi connectivity index (χ0v) is 9.17. The zero-order valence-electron chi connectivity index (χ0n) is 9.17. The molecule has 2 fully saturated rings. The van der Waals surface area contributed by atoms with Crippen molar-refractivity contribution in [3.05, 3.63) is 0 Å². The summed E-state index contributed by atoms with van der Waals surface area (Å²) in [6.45, 7) is 0. The summed E-state index contributed by atoms with van der Waals surface area (Å²) in [7, 11) is 0. The molecule has 0 heterocycles. The summed E-state index contributed by atoms with van der Waals surface area (Å²) >= 11 is 0. The molecular weight excluding hydrogens is 168 g/mol. The molecule has 78 valence electrons. The number of hydrogen-bond acceptors (Lipinski definition) is 0. The smallest absolute Gasteiger partial charge is 0.0200 e. The van der Waals surface area contributed by atoms with Crippen LogP contribution in [-0.4, -0.2) is 0 Å². The van der Waals surface area contributed by atoms with Crippen molar-refractivity contribution < 1.29 is 0 Å². The molecule has 0 aliphatic heterocycles. The van der Waals surface area contributed by atoms with E-state index in [1.54, 1.807) is 0 Å². The van der Waals surface area contributed by atoms with Crippen LogP contribution in [0, 0.1) is 30.1 Å². The van der Waals surface area contributed by atoms with E-state index in [0.29, 0.717) is 5.92 Å². The topological polar surface area (TPSA) is 0 Å². The van der Waals surface area contributed by atoms with Gasteiger partial charge in [-0.2, -0.15) is 0 Å². The van der Waals surface area contributed by atoms with Gasteiger partial charge < -0.3 is 0 Å². The van der Waals surface area contributed by atoms with Crippen LogP contribution in [0.4, 0.5) is 0 Å². The molecule has 0 radical (unpaired) electrons. The van der Waals surface area contributed by atoms with Crippen molar-refractivity contribution in [1.82, 2.24) is 0 Å². The molecule has 0 nitrogen and oxygen atoms in total. The molecule has 0 bridgehead atoms. The van der Waals surface area contributed by atoms with Crippen molar-refractivity contribution >= 4 is 0 Å². The van der Waals surface area contributed by atoms with Gasteiger partial charge in [-0.05, 0) is 37.5 Å². The second kappa shape index (κ2) is 4.87. The average molecular weight is 190 g/mol. The van der Waals surface area contributed by atoms with E-state index < -0.39 is 0 Å². The lowest BCUT2D eigenvalue weighted by molar-refractivity contribution is 0.182. The molecule has 0 amide bonds. The van der Waals surface area contributed by atoms with Gasteiger partial charge in [0.2, 0.25) is 0 Å². The summed E-state index contributed by atoms with van der Waals surface area (Å²) in [5.74, 6) is 5.62. The SMILES string of the molecule is C#CC1CCC(C2CCCCC2)CC1. The van der Waals surface area contributed by atoms with E-state index in [-0.39, 0.29) is 0 Å². The van der Waals surface area contributed by atoms with E-state index in [1.165, 1.54) is 57.8 Å². The van der Waals surface area contributed by atoms with Crippen LogP contribution in [-0.2, 0) is 0 Å². The van der Waals surface area contributed by atoms with Gasteiger partial charge in [-0.25, -0.2) is 0 Å². The monoisotopic (exact) mass is 190 g/mol. The summed E-state index contributed by atoms with van der Waals surface area (Å²) in [4.78, 5) is 0. The highest BCUT2D eigenvalue weighted by Gasteiger charge is 2.27. The molecule has 0 aromatic heterocycles. The first-order chi connectivity index (χ1) is 6.90. The van der Waals surface area contributed by atoms with Crippen molar-refractivity contribution in [1.29, 1.82) is 0 Å². The molecule has 2 aliphatic carbocycles. The molecule has 0 N–H and O–H groups in total. The van der Waals surface area contributed by atoms with Crippen LogP contribution in [0.5, 0.6) is 0 Å². The molecule has 0 atom stereocenters. The molecule has 2 saturated carbocycles. The highest BCUT2D eigenvalue weighted by atomic mass is 14.3. The largest absolute Gasteiger partial charge is 0.120 e. The van der Waals surface area contributed by atoms with E-state index in [4.69, 9.17) is 6.42 Å². The lowest BCUT2D eigenvalue weighted by Crippen LogP contribution is -2.23. The Morgan fingerprint density at radius 2 is 1.29 bits per heavy atom. The lowest BCUT2D eigenvalue weighted by atomic mass is 9.71. The Balaban J connectivity index is 1.79. The van der Waals surface area contributed by atoms with Crippen molar-refractivity contribution in [2.24, 2.45) is 17.8 Å². The van der Waals surface area contributed by atoms with Gasteiger partial charge in [0.1, 0.15) is 0 Å². The summed E-state index contributed by atoms with van der Waals surface area (Å²) < 4.78 is 0. The molecule has 14 heavy (non-hydrogen) atoms. The van der Waals surface area contributed by atoms with Crippen molar-refractivity contribution in [2.45, 2.75) is 57.8 Å². The summed E-state index contributed by atoms with van der Waals surface area (Å²) in [6, 6.07) is 0. The summed E-state index contributed by atoms with van der Waals surface area (Å²) in [5.41, 5.74) is 0. The first-order valence-corrected chi connectivity index (χ1v) is 6.36. The third kappa shape index (κ3) is 2.32. The fraction of sp³-hybridized carbons (Fsp3) is 0.857. The Kier molecular flexibility index (Phi) is 3.51. The van der Waals surface area contributed by atoms with Crippen LogP contribution in [0.15, 0.2) is 0 Å². The van der Waals surface area contributed by atoms with E-state index in [1.807, 2.05) is 0 Å². The normalized spacial score (nSPS) is 35.1. The maximum atomic E-state index is 5.48. The first-order valence-electron chi connectivity index (χ1n) is 6.36. The standard InChI is InChI=1S/C14H22/c1-2-12-8-10-14(11-9-12)13-6-4-3-5-7-13/h1,12-14H,3-11H2. The van der Waals surface area contributed by atoms with Gasteiger partial charge in [-0.1, -0.05) is 32.1 Å². The van der Waals surface area contributed by atoms with Gasteiger partial charge in [-0.15, -0.1) is 12.3 Å². The van der Waals surface area contributed by atoms with Crippen LogP contribution < -0.4 is 0 Å². The van der Waals surface area contributed by atoms with Gasteiger partial charge in [0.15, 0.2) is 0 Å². The van der Waals surface area contributed by atoms with Gasteiger partial charge in [0, 0.05) is 5.92 Å². The van der Waals surface area contributed by atoms with E-state index in [9.17, 15) is 0 Å². The molecular formula is C14H22. The molecule has 0 saturated heterocycles. The fourth-order valence-electron chi connectivity index (χ4n) is 3.36. The Bertz CT molecular complexity index is 197. The van der Waals surface area contributed by atoms with E-state index >= 15 is 0 Å². The second-order valence-electron chi connectivity index (χ2n) is 5.18. The maximum Gasteiger partial charge on any atom is 0.0200 e. The molecule has 0 aromatic carbocycles. The third-order valence-electron chi connectivity index (χ3n) is 4.32. The highest BCUT2D eigenvalue weighted by Crippen LogP contribution is 2.39. The average Bonchev–Trinajstić information content (AvgIpc) is 2.30. The predicted molar refractivity (Wildman–Crippen MR) is 60.9 cm³/mol. The number of hydrogen-bond donors (Lipinski definition) is 0. The summed E-state index contributed by atoms with van der Waals surface area (Å²) in [5, 5.41) is 0. The van der Waals surface area contributed by atoms with Crippen LogP contribution in [0.1, 0.15) is 57.8 Å². The van der Waals surface area contributed by atoms with Gasteiger partial charge in [-0.3, -0.25) is 0 Å². The summed E-state index contributed by atoms with van der Waals surface area (Å²) in [6.07, 6.45) is 18.4. The quantitative estimate of drug-likeness (QED) is 0.548. The van der Waals surface area contributed by atoms with Crippen molar-refractivity contribution in [3.63, 3.8) is 0 Å². The highest BCUT2D eigenvalue weighted by molar-refractivity contribution is 4.95. The Hall–Kier alpha value is -0.440. The lowest BCUT2D eigenvalue weighted by Gasteiger charge is -2.34. The van der Waals surface area contributed by atoms with E-state index in [0.717, 1.165) is 11.8 Å². The number of terminal acetylenes is 1. The van der Waals surface area contributed by atoms with Crippen LogP contribution in [0.3, 0.4) is 0 Å².